The predicted octanol–water partition coefficient (Wildman–Crippen LogP) is 3.77. The van der Waals surface area contributed by atoms with E-state index in [-0.39, 0.29) is 23.9 Å². The molecule has 0 spiro atoms. The summed E-state index contributed by atoms with van der Waals surface area (Å²) in [7, 11) is -4.31. The number of sulfonamides is 1. The number of benzene rings is 3. The summed E-state index contributed by atoms with van der Waals surface area (Å²) < 4.78 is 76.1. The van der Waals surface area contributed by atoms with Gasteiger partial charge in [-0.2, -0.15) is 0 Å². The summed E-state index contributed by atoms with van der Waals surface area (Å²) in [5.74, 6) is 0.162. The molecule has 3 atom stereocenters. The molecule has 2 N–H and O–H groups in total. The first-order chi connectivity index (χ1) is 18.4. The molecule has 0 saturated carbocycles. The molecule has 1 amide bonds. The Morgan fingerprint density at radius 2 is 1.54 bits per heavy atom. The van der Waals surface area contributed by atoms with Crippen LogP contribution in [0.1, 0.15) is 6.92 Å². The van der Waals surface area contributed by atoms with E-state index < -0.39 is 40.3 Å². The maximum atomic E-state index is 13.2. The predicted molar refractivity (Wildman–Crippen MR) is 134 cm³/mol. The SMILES string of the molecule is CC(=O)N1CC(NS(=O)(=O)c2ccc(OC(F)(F)F)cc2)C(O)C(N2c3ccccc3Oc3ccccc32)C1. The normalized spacial score (nSPS) is 21.0. The molecule has 13 heteroatoms. The molecule has 3 aromatic carbocycles. The van der Waals surface area contributed by atoms with Gasteiger partial charge in [0.15, 0.2) is 11.5 Å². The van der Waals surface area contributed by atoms with Gasteiger partial charge in [-0.25, -0.2) is 13.1 Å². The summed E-state index contributed by atoms with van der Waals surface area (Å²) in [6.45, 7) is 1.33. The second kappa shape index (κ2) is 10.1. The van der Waals surface area contributed by atoms with E-state index >= 15 is 0 Å². The molecule has 206 valence electrons. The molecule has 0 aliphatic carbocycles. The molecule has 2 aliphatic heterocycles. The number of amides is 1. The fraction of sp³-hybridized carbons (Fsp3) is 0.269. The van der Waals surface area contributed by atoms with Crippen LogP contribution in [0.3, 0.4) is 0 Å². The van der Waals surface area contributed by atoms with Crippen LogP contribution < -0.4 is 19.1 Å². The van der Waals surface area contributed by atoms with Gasteiger partial charge < -0.3 is 24.4 Å². The quantitative estimate of drug-likeness (QED) is 0.487. The third-order valence-corrected chi connectivity index (χ3v) is 8.06. The summed E-state index contributed by atoms with van der Waals surface area (Å²) in [6.07, 6.45) is -6.21. The van der Waals surface area contributed by atoms with Crippen LogP contribution in [0.15, 0.2) is 77.7 Å². The van der Waals surface area contributed by atoms with Crippen LogP contribution >= 0.6 is 0 Å². The van der Waals surface area contributed by atoms with Crippen molar-refractivity contribution in [2.45, 2.75) is 36.4 Å². The molecule has 1 fully saturated rings. The zero-order chi connectivity index (χ0) is 27.9. The minimum atomic E-state index is -4.92. The number of fused-ring (bicyclic) bond motifs is 2. The van der Waals surface area contributed by atoms with Gasteiger partial charge in [0.25, 0.3) is 0 Å². The van der Waals surface area contributed by atoms with Crippen LogP contribution in [0.25, 0.3) is 0 Å². The highest BCUT2D eigenvalue weighted by Gasteiger charge is 2.44. The van der Waals surface area contributed by atoms with Crippen molar-refractivity contribution in [3.05, 3.63) is 72.8 Å². The third-order valence-electron chi connectivity index (χ3n) is 6.55. The van der Waals surface area contributed by atoms with E-state index in [2.05, 4.69) is 9.46 Å². The second-order valence-electron chi connectivity index (χ2n) is 9.14. The van der Waals surface area contributed by atoms with Crippen molar-refractivity contribution in [2.75, 3.05) is 18.0 Å². The van der Waals surface area contributed by atoms with E-state index in [9.17, 15) is 31.5 Å². The summed E-state index contributed by atoms with van der Waals surface area (Å²) in [6, 6.07) is 16.1. The average molecular weight is 564 g/mol. The van der Waals surface area contributed by atoms with Crippen molar-refractivity contribution in [2.24, 2.45) is 0 Å². The number of carbonyl (C=O) groups is 1. The standard InChI is InChI=1S/C26H24F3N3O6S/c1-16(33)31-14-19(30-39(35,36)18-12-10-17(11-13-18)38-26(27,28)29)25(34)22(15-31)32-20-6-2-4-8-23(20)37-24-9-5-3-7-21(24)32/h2-13,19,22,25,30,34H,14-15H2,1H3. The molecule has 2 aliphatic rings. The van der Waals surface area contributed by atoms with Gasteiger partial charge >= 0.3 is 6.36 Å². The van der Waals surface area contributed by atoms with Gasteiger partial charge in [-0.15, -0.1) is 13.2 Å². The third kappa shape index (κ3) is 5.51. The van der Waals surface area contributed by atoms with E-state index in [0.717, 1.165) is 24.3 Å². The van der Waals surface area contributed by atoms with E-state index in [4.69, 9.17) is 4.74 Å². The second-order valence-corrected chi connectivity index (χ2v) is 10.9. The van der Waals surface area contributed by atoms with Crippen molar-refractivity contribution >= 4 is 27.3 Å². The molecule has 39 heavy (non-hydrogen) atoms. The highest BCUT2D eigenvalue weighted by molar-refractivity contribution is 7.89. The molecule has 0 bridgehead atoms. The van der Waals surface area contributed by atoms with Crippen LogP contribution in [0.2, 0.25) is 0 Å². The molecule has 2 heterocycles. The van der Waals surface area contributed by atoms with Gasteiger partial charge in [0.1, 0.15) is 5.75 Å². The number of alkyl halides is 3. The fourth-order valence-electron chi connectivity index (χ4n) is 4.80. The lowest BCUT2D eigenvalue weighted by Gasteiger charge is -2.47. The number of piperidine rings is 1. The van der Waals surface area contributed by atoms with Crippen molar-refractivity contribution in [3.63, 3.8) is 0 Å². The number of para-hydroxylation sites is 4. The Kier molecular flexibility index (Phi) is 6.91. The number of hydrogen-bond acceptors (Lipinski definition) is 7. The zero-order valence-corrected chi connectivity index (χ0v) is 21.3. The van der Waals surface area contributed by atoms with Gasteiger partial charge in [-0.1, -0.05) is 24.3 Å². The van der Waals surface area contributed by atoms with Crippen LogP contribution in [-0.4, -0.2) is 62.0 Å². The lowest BCUT2D eigenvalue weighted by atomic mass is 9.94. The highest BCUT2D eigenvalue weighted by atomic mass is 32.2. The molecular formula is C26H24F3N3O6S. The maximum absolute atomic E-state index is 13.2. The molecule has 3 unspecified atom stereocenters. The summed E-state index contributed by atoms with van der Waals surface area (Å²) >= 11 is 0. The average Bonchev–Trinajstić information content (AvgIpc) is 2.88. The van der Waals surface area contributed by atoms with E-state index in [1.807, 2.05) is 4.90 Å². The largest absolute Gasteiger partial charge is 0.573 e. The number of ether oxygens (including phenoxy) is 2. The molecule has 0 aromatic heterocycles. The number of nitrogens with zero attached hydrogens (tertiary/aromatic N) is 2. The van der Waals surface area contributed by atoms with Crippen LogP contribution in [-0.2, 0) is 14.8 Å². The van der Waals surface area contributed by atoms with Crippen molar-refractivity contribution in [1.29, 1.82) is 0 Å². The number of likely N-dealkylation sites (tertiary alicyclic amines) is 1. The minimum Gasteiger partial charge on any atom is -0.453 e. The number of rotatable bonds is 5. The highest BCUT2D eigenvalue weighted by Crippen LogP contribution is 2.48. The maximum Gasteiger partial charge on any atom is 0.573 e. The Balaban J connectivity index is 1.47. The first-order valence-electron chi connectivity index (χ1n) is 11.9. The topological polar surface area (TPSA) is 108 Å². The number of nitrogens with one attached hydrogen (secondary N) is 1. The Bertz CT molecular complexity index is 1440. The number of aliphatic hydroxyl groups excluding tert-OH is 1. The van der Waals surface area contributed by atoms with Gasteiger partial charge in [0.05, 0.1) is 34.5 Å². The number of halogens is 3. The first kappa shape index (κ1) is 26.8. The van der Waals surface area contributed by atoms with Gasteiger partial charge in [0, 0.05) is 20.0 Å². The minimum absolute atomic E-state index is 0.0981. The van der Waals surface area contributed by atoms with Crippen LogP contribution in [0.5, 0.6) is 17.2 Å². The Morgan fingerprint density at radius 3 is 2.08 bits per heavy atom. The number of hydrogen-bond donors (Lipinski definition) is 2. The summed E-state index contributed by atoms with van der Waals surface area (Å²) in [5.41, 5.74) is 1.26. The molecular weight excluding hydrogens is 539 g/mol. The first-order valence-corrected chi connectivity index (χ1v) is 13.4. The van der Waals surface area contributed by atoms with Gasteiger partial charge in [0.2, 0.25) is 15.9 Å². The van der Waals surface area contributed by atoms with E-state index in [0.29, 0.717) is 22.9 Å². The summed E-state index contributed by atoms with van der Waals surface area (Å²) in [4.78, 5) is 15.4. The number of carbonyl (C=O) groups excluding carboxylic acids is 1. The van der Waals surface area contributed by atoms with Gasteiger partial charge in [-0.3, -0.25) is 4.79 Å². The fourth-order valence-corrected chi connectivity index (χ4v) is 6.04. The Morgan fingerprint density at radius 1 is 0.974 bits per heavy atom. The molecule has 5 rings (SSSR count). The van der Waals surface area contributed by atoms with Gasteiger partial charge in [-0.05, 0) is 48.5 Å². The van der Waals surface area contributed by atoms with Crippen LogP contribution in [0, 0.1) is 0 Å². The molecule has 0 radical (unpaired) electrons. The smallest absolute Gasteiger partial charge is 0.453 e. The Labute approximate surface area is 222 Å². The zero-order valence-electron chi connectivity index (χ0n) is 20.5. The monoisotopic (exact) mass is 563 g/mol. The molecule has 9 nitrogen and oxygen atoms in total. The molecule has 1 saturated heterocycles. The summed E-state index contributed by atoms with van der Waals surface area (Å²) in [5, 5.41) is 11.5. The molecule has 3 aromatic rings. The lowest BCUT2D eigenvalue weighted by Crippen LogP contribution is -2.65. The van der Waals surface area contributed by atoms with E-state index in [1.54, 1.807) is 48.5 Å². The number of aliphatic hydroxyl groups is 1. The Hall–Kier alpha value is -3.81. The van der Waals surface area contributed by atoms with E-state index in [1.165, 1.54) is 11.8 Å². The van der Waals surface area contributed by atoms with Crippen molar-refractivity contribution < 1.29 is 41.0 Å². The lowest BCUT2D eigenvalue weighted by molar-refractivity contribution is -0.274. The van der Waals surface area contributed by atoms with Crippen LogP contribution in [0.4, 0.5) is 24.5 Å². The number of anilines is 2. The van der Waals surface area contributed by atoms with Crippen molar-refractivity contribution in [3.8, 4) is 17.2 Å². The van der Waals surface area contributed by atoms with Crippen molar-refractivity contribution in [1.82, 2.24) is 9.62 Å².